The van der Waals surface area contributed by atoms with Gasteiger partial charge in [-0.1, -0.05) is 37.2 Å². The number of aromatic nitrogens is 5. The van der Waals surface area contributed by atoms with E-state index in [0.29, 0.717) is 23.9 Å². The Bertz CT molecular complexity index is 1110. The Kier molecular flexibility index (Phi) is 4.12. The highest BCUT2D eigenvalue weighted by molar-refractivity contribution is 5.78. The highest BCUT2D eigenvalue weighted by Crippen LogP contribution is 2.16. The highest BCUT2D eigenvalue weighted by Gasteiger charge is 2.14. The topological polar surface area (TPSA) is 89.6 Å². The fraction of sp³-hybridized carbons (Fsp3) is 0.263. The molecule has 0 spiro atoms. The first-order valence-electron chi connectivity index (χ1n) is 8.56. The van der Waals surface area contributed by atoms with Crippen molar-refractivity contribution in [3.8, 4) is 11.4 Å². The first-order chi connectivity index (χ1) is 12.6. The fourth-order valence-electron chi connectivity index (χ4n) is 2.96. The minimum absolute atomic E-state index is 0.208. The largest absolute Gasteiger partial charge is 0.337 e. The van der Waals surface area contributed by atoms with Crippen LogP contribution in [0.2, 0.25) is 0 Å². The Hall–Kier alpha value is -3.22. The SMILES string of the molecule is CC(C)Cc1ccc(-c2noc(Cn3ncc4ccccc43)n2)c(=O)[nH]1. The summed E-state index contributed by atoms with van der Waals surface area (Å²) in [5, 5.41) is 9.35. The molecule has 3 aromatic heterocycles. The first-order valence-corrected chi connectivity index (χ1v) is 8.56. The van der Waals surface area contributed by atoms with Crippen molar-refractivity contribution >= 4 is 10.9 Å². The number of pyridine rings is 1. The predicted molar refractivity (Wildman–Crippen MR) is 97.7 cm³/mol. The highest BCUT2D eigenvalue weighted by atomic mass is 16.5. The van der Waals surface area contributed by atoms with Crippen LogP contribution in [0.4, 0.5) is 0 Å². The van der Waals surface area contributed by atoms with Gasteiger partial charge in [-0.25, -0.2) is 0 Å². The summed E-state index contributed by atoms with van der Waals surface area (Å²) in [5.41, 5.74) is 2.08. The Morgan fingerprint density at radius 3 is 2.85 bits per heavy atom. The second-order valence-corrected chi connectivity index (χ2v) is 6.70. The Morgan fingerprint density at radius 2 is 2.04 bits per heavy atom. The standard InChI is InChI=1S/C19H19N5O2/c1-12(2)9-14-7-8-15(19(25)21-14)18-22-17(26-23-18)11-24-16-6-4-3-5-13(16)10-20-24/h3-8,10,12H,9,11H2,1-2H3,(H,21,25). The van der Waals surface area contributed by atoms with Crippen molar-refractivity contribution in [3.05, 3.63) is 64.5 Å². The molecule has 0 bridgehead atoms. The van der Waals surface area contributed by atoms with E-state index in [1.54, 1.807) is 16.9 Å². The molecule has 0 fully saturated rings. The van der Waals surface area contributed by atoms with Gasteiger partial charge in [0.15, 0.2) is 0 Å². The average molecular weight is 349 g/mol. The van der Waals surface area contributed by atoms with Crippen LogP contribution in [0.5, 0.6) is 0 Å². The van der Waals surface area contributed by atoms with Crippen molar-refractivity contribution < 1.29 is 4.52 Å². The number of H-pyrrole nitrogens is 1. The lowest BCUT2D eigenvalue weighted by Gasteiger charge is -2.04. The van der Waals surface area contributed by atoms with Gasteiger partial charge < -0.3 is 9.51 Å². The van der Waals surface area contributed by atoms with Gasteiger partial charge >= 0.3 is 0 Å². The lowest BCUT2D eigenvalue weighted by molar-refractivity contribution is 0.368. The molecule has 0 amide bonds. The zero-order chi connectivity index (χ0) is 18.1. The average Bonchev–Trinajstić information content (AvgIpc) is 3.23. The Labute approximate surface area is 149 Å². The molecule has 1 aromatic carbocycles. The zero-order valence-corrected chi connectivity index (χ0v) is 14.6. The molecule has 0 atom stereocenters. The Morgan fingerprint density at radius 1 is 1.19 bits per heavy atom. The van der Waals surface area contributed by atoms with Crippen LogP contribution in [0.15, 0.2) is 51.9 Å². The van der Waals surface area contributed by atoms with Gasteiger partial charge in [0.05, 0.1) is 17.3 Å². The maximum atomic E-state index is 12.3. The number of hydrogen-bond acceptors (Lipinski definition) is 5. The molecule has 0 aliphatic heterocycles. The minimum atomic E-state index is -0.208. The van der Waals surface area contributed by atoms with E-state index in [1.165, 1.54) is 0 Å². The molecular formula is C19H19N5O2. The van der Waals surface area contributed by atoms with Crippen molar-refractivity contribution in [1.29, 1.82) is 0 Å². The number of rotatable bonds is 5. The van der Waals surface area contributed by atoms with Gasteiger partial charge in [0.1, 0.15) is 6.54 Å². The van der Waals surface area contributed by atoms with E-state index in [-0.39, 0.29) is 11.4 Å². The summed E-state index contributed by atoms with van der Waals surface area (Å²) in [5.74, 6) is 1.16. The van der Waals surface area contributed by atoms with Crippen molar-refractivity contribution in [3.63, 3.8) is 0 Å². The van der Waals surface area contributed by atoms with E-state index >= 15 is 0 Å². The van der Waals surface area contributed by atoms with E-state index in [4.69, 9.17) is 4.52 Å². The number of nitrogens with one attached hydrogen (secondary N) is 1. The molecule has 0 aliphatic rings. The summed E-state index contributed by atoms with van der Waals surface area (Å²) in [7, 11) is 0. The van der Waals surface area contributed by atoms with Crippen LogP contribution in [-0.4, -0.2) is 24.9 Å². The first kappa shape index (κ1) is 16.3. The van der Waals surface area contributed by atoms with Gasteiger partial charge in [-0.15, -0.1) is 0 Å². The number of hydrogen-bond donors (Lipinski definition) is 1. The second kappa shape index (κ2) is 6.59. The maximum Gasteiger partial charge on any atom is 0.259 e. The minimum Gasteiger partial charge on any atom is -0.337 e. The lowest BCUT2D eigenvalue weighted by atomic mass is 10.1. The monoisotopic (exact) mass is 349 g/mol. The quantitative estimate of drug-likeness (QED) is 0.598. The second-order valence-electron chi connectivity index (χ2n) is 6.70. The van der Waals surface area contributed by atoms with Crippen LogP contribution in [-0.2, 0) is 13.0 Å². The van der Waals surface area contributed by atoms with E-state index in [1.807, 2.05) is 30.3 Å². The third-order valence-electron chi connectivity index (χ3n) is 4.14. The van der Waals surface area contributed by atoms with Crippen LogP contribution in [0.1, 0.15) is 25.4 Å². The number of para-hydroxylation sites is 1. The molecule has 0 saturated carbocycles. The van der Waals surface area contributed by atoms with Gasteiger partial charge in [0, 0.05) is 11.1 Å². The summed E-state index contributed by atoms with van der Waals surface area (Å²) in [4.78, 5) is 19.6. The van der Waals surface area contributed by atoms with Crippen molar-refractivity contribution in [2.24, 2.45) is 5.92 Å². The molecule has 3 heterocycles. The summed E-state index contributed by atoms with van der Waals surface area (Å²) in [6.45, 7) is 4.57. The molecule has 0 aliphatic carbocycles. The fourth-order valence-corrected chi connectivity index (χ4v) is 2.96. The van der Waals surface area contributed by atoms with Crippen molar-refractivity contribution in [2.45, 2.75) is 26.8 Å². The number of fused-ring (bicyclic) bond motifs is 1. The number of nitrogens with zero attached hydrogens (tertiary/aromatic N) is 4. The molecule has 0 unspecified atom stereocenters. The van der Waals surface area contributed by atoms with E-state index in [0.717, 1.165) is 23.0 Å². The molecule has 4 rings (SSSR count). The lowest BCUT2D eigenvalue weighted by Crippen LogP contribution is -2.13. The molecule has 7 heteroatoms. The van der Waals surface area contributed by atoms with Gasteiger partial charge in [0.2, 0.25) is 11.7 Å². The van der Waals surface area contributed by atoms with Crippen LogP contribution < -0.4 is 5.56 Å². The summed E-state index contributed by atoms with van der Waals surface area (Å²) in [6, 6.07) is 11.5. The summed E-state index contributed by atoms with van der Waals surface area (Å²) < 4.78 is 7.11. The molecule has 26 heavy (non-hydrogen) atoms. The third kappa shape index (κ3) is 3.15. The summed E-state index contributed by atoms with van der Waals surface area (Å²) >= 11 is 0. The predicted octanol–water partition coefficient (Wildman–Crippen LogP) is 3.02. The van der Waals surface area contributed by atoms with Crippen LogP contribution in [0.25, 0.3) is 22.3 Å². The Balaban J connectivity index is 1.59. The molecule has 7 nitrogen and oxygen atoms in total. The number of aromatic amines is 1. The molecule has 0 radical (unpaired) electrons. The molecule has 0 saturated heterocycles. The summed E-state index contributed by atoms with van der Waals surface area (Å²) in [6.07, 6.45) is 2.62. The van der Waals surface area contributed by atoms with Crippen LogP contribution >= 0.6 is 0 Å². The van der Waals surface area contributed by atoms with Gasteiger partial charge in [-0.2, -0.15) is 10.1 Å². The van der Waals surface area contributed by atoms with Crippen LogP contribution in [0.3, 0.4) is 0 Å². The normalized spacial score (nSPS) is 11.5. The van der Waals surface area contributed by atoms with E-state index in [2.05, 4.69) is 34.1 Å². The van der Waals surface area contributed by atoms with Gasteiger partial charge in [0.25, 0.3) is 5.56 Å². The molecule has 132 valence electrons. The molecule has 1 N–H and O–H groups in total. The zero-order valence-electron chi connectivity index (χ0n) is 14.6. The van der Waals surface area contributed by atoms with E-state index < -0.39 is 0 Å². The van der Waals surface area contributed by atoms with Gasteiger partial charge in [-0.05, 0) is 30.5 Å². The smallest absolute Gasteiger partial charge is 0.259 e. The van der Waals surface area contributed by atoms with Gasteiger partial charge in [-0.3, -0.25) is 9.48 Å². The molecule has 4 aromatic rings. The third-order valence-corrected chi connectivity index (χ3v) is 4.14. The molecular weight excluding hydrogens is 330 g/mol. The number of benzene rings is 1. The van der Waals surface area contributed by atoms with E-state index in [9.17, 15) is 4.79 Å². The van der Waals surface area contributed by atoms with Crippen LogP contribution in [0, 0.1) is 5.92 Å². The van der Waals surface area contributed by atoms with Crippen molar-refractivity contribution in [1.82, 2.24) is 24.9 Å². The maximum absolute atomic E-state index is 12.3. The van der Waals surface area contributed by atoms with Crippen molar-refractivity contribution in [2.75, 3.05) is 0 Å².